The van der Waals surface area contributed by atoms with Crippen LogP contribution < -0.4 is 14.8 Å². The first-order valence-electron chi connectivity index (χ1n) is 10.1. The number of benzene rings is 3. The van der Waals surface area contributed by atoms with E-state index >= 15 is 4.39 Å². The molecule has 2 amide bonds. The Bertz CT molecular complexity index is 1200. The normalized spacial score (nSPS) is 15.1. The Morgan fingerprint density at radius 3 is 2.45 bits per heavy atom. The van der Waals surface area contributed by atoms with Gasteiger partial charge >= 0.3 is 6.03 Å². The second kappa shape index (κ2) is 9.23. The van der Waals surface area contributed by atoms with Gasteiger partial charge in [-0.1, -0.05) is 17.7 Å². The van der Waals surface area contributed by atoms with E-state index in [9.17, 15) is 13.6 Å². The number of halogens is 4. The summed E-state index contributed by atoms with van der Waals surface area (Å²) in [6.07, 6.45) is 0.414. The van der Waals surface area contributed by atoms with E-state index in [1.54, 1.807) is 12.1 Å². The summed E-state index contributed by atoms with van der Waals surface area (Å²) >= 11 is 6.37. The van der Waals surface area contributed by atoms with Crippen molar-refractivity contribution >= 4 is 23.3 Å². The first kappa shape index (κ1) is 22.8. The van der Waals surface area contributed by atoms with Crippen LogP contribution in [0.25, 0.3) is 0 Å². The second-order valence-electron chi connectivity index (χ2n) is 7.44. The molecule has 33 heavy (non-hydrogen) atoms. The molecule has 1 heterocycles. The summed E-state index contributed by atoms with van der Waals surface area (Å²) in [5.74, 6) is -1.22. The first-order valence-corrected chi connectivity index (χ1v) is 10.4. The molecule has 1 atom stereocenters. The Labute approximate surface area is 193 Å². The third kappa shape index (κ3) is 4.30. The number of nitrogens with one attached hydrogen (secondary N) is 1. The molecule has 0 fully saturated rings. The van der Waals surface area contributed by atoms with E-state index in [-0.39, 0.29) is 22.8 Å². The fourth-order valence-electron chi connectivity index (χ4n) is 4.03. The van der Waals surface area contributed by atoms with Crippen molar-refractivity contribution in [3.63, 3.8) is 0 Å². The minimum absolute atomic E-state index is 0.0854. The molecule has 0 spiro atoms. The standard InChI is InChI=1S/C24H20ClF3N2O3/c1-32-20-10-13-8-9-30(24(31)29-19-11-14(26)6-7-17(19)27)23(15(13)12-21(20)33-2)22-16(25)4-3-5-18(22)28/h3-7,10-12,23H,8-9H2,1-2H3,(H,29,31)/t23-/m0/s1. The van der Waals surface area contributed by atoms with E-state index in [4.69, 9.17) is 21.1 Å². The maximum absolute atomic E-state index is 15.0. The third-order valence-electron chi connectivity index (χ3n) is 5.58. The van der Waals surface area contributed by atoms with Crippen LogP contribution in [0.1, 0.15) is 22.7 Å². The smallest absolute Gasteiger partial charge is 0.322 e. The van der Waals surface area contributed by atoms with Gasteiger partial charge in [0.05, 0.1) is 25.9 Å². The zero-order valence-electron chi connectivity index (χ0n) is 17.8. The number of rotatable bonds is 4. The molecule has 0 radical (unpaired) electrons. The average Bonchev–Trinajstić information content (AvgIpc) is 2.80. The second-order valence-corrected chi connectivity index (χ2v) is 7.85. The monoisotopic (exact) mass is 476 g/mol. The van der Waals surface area contributed by atoms with Gasteiger partial charge in [-0.3, -0.25) is 0 Å². The number of ether oxygens (including phenoxy) is 2. The van der Waals surface area contributed by atoms with Gasteiger partial charge in [0.25, 0.3) is 0 Å². The Hall–Kier alpha value is -3.39. The number of hydrogen-bond acceptors (Lipinski definition) is 3. The summed E-state index contributed by atoms with van der Waals surface area (Å²) in [6.45, 7) is 0.167. The van der Waals surface area contributed by atoms with Crippen LogP contribution >= 0.6 is 11.6 Å². The SMILES string of the molecule is COc1cc2c(cc1OC)[C@@H](c1c(F)cccc1Cl)N(C(=O)Nc1cc(F)ccc1F)CC2. The van der Waals surface area contributed by atoms with Gasteiger partial charge < -0.3 is 19.7 Å². The molecule has 9 heteroatoms. The number of fused-ring (bicyclic) bond motifs is 1. The van der Waals surface area contributed by atoms with E-state index < -0.39 is 29.5 Å². The van der Waals surface area contributed by atoms with Crippen molar-refractivity contribution in [2.24, 2.45) is 0 Å². The van der Waals surface area contributed by atoms with Crippen molar-refractivity contribution in [3.05, 3.63) is 87.7 Å². The van der Waals surface area contributed by atoms with Gasteiger partial charge in [0.1, 0.15) is 17.5 Å². The van der Waals surface area contributed by atoms with Crippen molar-refractivity contribution in [1.29, 1.82) is 0 Å². The van der Waals surface area contributed by atoms with E-state index in [0.717, 1.165) is 23.8 Å². The fraction of sp³-hybridized carbons (Fsp3) is 0.208. The van der Waals surface area contributed by atoms with Gasteiger partial charge in [-0.25, -0.2) is 18.0 Å². The molecule has 3 aromatic carbocycles. The number of nitrogens with zero attached hydrogens (tertiary/aromatic N) is 1. The lowest BCUT2D eigenvalue weighted by molar-refractivity contribution is 0.192. The maximum Gasteiger partial charge on any atom is 0.322 e. The van der Waals surface area contributed by atoms with Crippen molar-refractivity contribution in [3.8, 4) is 11.5 Å². The van der Waals surface area contributed by atoms with E-state index in [0.29, 0.717) is 23.5 Å². The maximum atomic E-state index is 15.0. The Morgan fingerprint density at radius 1 is 1.03 bits per heavy atom. The Kier molecular flexibility index (Phi) is 6.37. The lowest BCUT2D eigenvalue weighted by atomic mass is 9.87. The van der Waals surface area contributed by atoms with Gasteiger partial charge in [-0.2, -0.15) is 0 Å². The highest BCUT2D eigenvalue weighted by molar-refractivity contribution is 6.31. The summed E-state index contributed by atoms with van der Waals surface area (Å²) in [5, 5.41) is 2.51. The molecule has 0 saturated carbocycles. The first-order chi connectivity index (χ1) is 15.8. The van der Waals surface area contributed by atoms with E-state index in [1.165, 1.54) is 37.3 Å². The quantitative estimate of drug-likeness (QED) is 0.506. The van der Waals surface area contributed by atoms with Gasteiger partial charge in [-0.05, 0) is 53.9 Å². The average molecular weight is 477 g/mol. The molecular weight excluding hydrogens is 457 g/mol. The van der Waals surface area contributed by atoms with Crippen LogP contribution in [0.15, 0.2) is 48.5 Å². The fourth-order valence-corrected chi connectivity index (χ4v) is 4.29. The van der Waals surface area contributed by atoms with Crippen LogP contribution in [0.2, 0.25) is 5.02 Å². The summed E-state index contributed by atoms with van der Waals surface area (Å²) < 4.78 is 53.6. The molecule has 3 aromatic rings. The molecule has 1 aliphatic rings. The lowest BCUT2D eigenvalue weighted by Crippen LogP contribution is -2.43. The highest BCUT2D eigenvalue weighted by atomic mass is 35.5. The molecule has 1 N–H and O–H groups in total. The molecule has 0 aliphatic carbocycles. The van der Waals surface area contributed by atoms with Gasteiger partial charge in [0, 0.05) is 23.2 Å². The van der Waals surface area contributed by atoms with Crippen LogP contribution in [-0.4, -0.2) is 31.7 Å². The van der Waals surface area contributed by atoms with E-state index in [2.05, 4.69) is 5.32 Å². The van der Waals surface area contributed by atoms with Crippen LogP contribution in [0.3, 0.4) is 0 Å². The molecule has 0 unspecified atom stereocenters. The van der Waals surface area contributed by atoms with Crippen molar-refractivity contribution in [1.82, 2.24) is 4.90 Å². The highest BCUT2D eigenvalue weighted by Gasteiger charge is 2.36. The Balaban J connectivity index is 1.83. The van der Waals surface area contributed by atoms with Gasteiger partial charge in [-0.15, -0.1) is 0 Å². The molecular formula is C24H20ClF3N2O3. The minimum atomic E-state index is -0.945. The van der Waals surface area contributed by atoms with Crippen molar-refractivity contribution < 1.29 is 27.4 Å². The number of carbonyl (C=O) groups is 1. The Morgan fingerprint density at radius 2 is 1.76 bits per heavy atom. The number of amides is 2. The third-order valence-corrected chi connectivity index (χ3v) is 5.91. The van der Waals surface area contributed by atoms with Crippen LogP contribution in [-0.2, 0) is 6.42 Å². The predicted octanol–water partition coefficient (Wildman–Crippen LogP) is 5.95. The van der Waals surface area contributed by atoms with E-state index in [1.807, 2.05) is 0 Å². The number of hydrogen-bond donors (Lipinski definition) is 1. The minimum Gasteiger partial charge on any atom is -0.493 e. The summed E-state index contributed by atoms with van der Waals surface area (Å²) in [4.78, 5) is 14.6. The van der Waals surface area contributed by atoms with Gasteiger partial charge in [0.2, 0.25) is 0 Å². The number of anilines is 1. The lowest BCUT2D eigenvalue weighted by Gasteiger charge is -2.38. The largest absolute Gasteiger partial charge is 0.493 e. The topological polar surface area (TPSA) is 50.8 Å². The summed E-state index contributed by atoms with van der Waals surface area (Å²) in [7, 11) is 2.97. The van der Waals surface area contributed by atoms with Gasteiger partial charge in [0.15, 0.2) is 11.5 Å². The van der Waals surface area contributed by atoms with Crippen molar-refractivity contribution in [2.45, 2.75) is 12.5 Å². The van der Waals surface area contributed by atoms with Crippen molar-refractivity contribution in [2.75, 3.05) is 26.1 Å². The highest BCUT2D eigenvalue weighted by Crippen LogP contribution is 2.43. The zero-order valence-corrected chi connectivity index (χ0v) is 18.6. The number of carbonyl (C=O) groups excluding carboxylic acids is 1. The van der Waals surface area contributed by atoms with Crippen LogP contribution in [0.5, 0.6) is 11.5 Å². The molecule has 0 aromatic heterocycles. The molecule has 1 aliphatic heterocycles. The number of urea groups is 1. The molecule has 5 nitrogen and oxygen atoms in total. The summed E-state index contributed by atoms with van der Waals surface area (Å²) in [5.41, 5.74) is 1.16. The summed E-state index contributed by atoms with van der Waals surface area (Å²) in [6, 6.07) is 8.75. The predicted molar refractivity (Wildman–Crippen MR) is 119 cm³/mol. The van der Waals surface area contributed by atoms with Crippen LogP contribution in [0.4, 0.5) is 23.7 Å². The number of methoxy groups -OCH3 is 2. The zero-order chi connectivity index (χ0) is 23.7. The molecule has 172 valence electrons. The molecule has 0 saturated heterocycles. The molecule has 0 bridgehead atoms. The molecule has 4 rings (SSSR count). The van der Waals surface area contributed by atoms with Crippen LogP contribution in [0, 0.1) is 17.5 Å².